The van der Waals surface area contributed by atoms with Gasteiger partial charge in [-0.25, -0.2) is 5.14 Å². The predicted molar refractivity (Wildman–Crippen MR) is 103 cm³/mol. The fraction of sp³-hybridized carbons (Fsp3) is 0.556. The number of benzene rings is 1. The molecule has 1 aromatic carbocycles. The standard InChI is InChI=1S/C18H24N2O6S2/c1-18-9-8-14-13-5-3-12(25-27(19,21)22)10-11(13)2-4-15(14)16(18)6-7-17(18)26-28(20,23)24/h3,5,10,14,17H,2,4,6-9H2,1H3,(H2,19,21,22)(H2,20,23,24)/t14-,17+,18+/m1/s1. The van der Waals surface area contributed by atoms with Gasteiger partial charge in [0.25, 0.3) is 0 Å². The molecule has 4 rings (SSSR count). The number of allylic oxidation sites excluding steroid dienone is 1. The van der Waals surface area contributed by atoms with E-state index in [1.807, 2.05) is 6.07 Å². The molecule has 0 spiro atoms. The molecule has 1 saturated carbocycles. The number of fused-ring (bicyclic) bond motifs is 4. The summed E-state index contributed by atoms with van der Waals surface area (Å²) in [4.78, 5) is 0. The molecule has 10 heteroatoms. The van der Waals surface area contributed by atoms with Crippen LogP contribution in [0, 0.1) is 5.41 Å². The molecule has 0 saturated heterocycles. The molecule has 3 aliphatic rings. The van der Waals surface area contributed by atoms with Crippen molar-refractivity contribution in [1.82, 2.24) is 0 Å². The van der Waals surface area contributed by atoms with Gasteiger partial charge in [-0.1, -0.05) is 24.1 Å². The van der Waals surface area contributed by atoms with Gasteiger partial charge in [-0.15, -0.1) is 0 Å². The van der Waals surface area contributed by atoms with Crippen LogP contribution in [0.3, 0.4) is 0 Å². The molecule has 4 N–H and O–H groups in total. The van der Waals surface area contributed by atoms with Crippen molar-refractivity contribution in [2.75, 3.05) is 0 Å². The minimum absolute atomic E-state index is 0.223. The third-order valence-electron chi connectivity index (χ3n) is 6.43. The Balaban J connectivity index is 1.67. The van der Waals surface area contributed by atoms with Crippen LogP contribution in [0.5, 0.6) is 5.75 Å². The zero-order valence-corrected chi connectivity index (χ0v) is 17.2. The van der Waals surface area contributed by atoms with Crippen molar-refractivity contribution in [2.45, 2.75) is 57.5 Å². The highest BCUT2D eigenvalue weighted by atomic mass is 32.2. The fourth-order valence-electron chi connectivity index (χ4n) is 5.32. The summed E-state index contributed by atoms with van der Waals surface area (Å²) in [6.07, 6.45) is 4.34. The van der Waals surface area contributed by atoms with Crippen LogP contribution in [0.1, 0.15) is 56.1 Å². The fourth-order valence-corrected chi connectivity index (χ4v) is 6.32. The molecule has 1 fully saturated rings. The van der Waals surface area contributed by atoms with Gasteiger partial charge in [0, 0.05) is 11.3 Å². The first-order valence-corrected chi connectivity index (χ1v) is 12.2. The Morgan fingerprint density at radius 2 is 1.79 bits per heavy atom. The lowest BCUT2D eigenvalue weighted by Gasteiger charge is -2.43. The topological polar surface area (TPSA) is 139 Å². The summed E-state index contributed by atoms with van der Waals surface area (Å²) in [7, 11) is -8.04. The summed E-state index contributed by atoms with van der Waals surface area (Å²) < 4.78 is 55.3. The molecule has 0 aliphatic heterocycles. The van der Waals surface area contributed by atoms with Gasteiger partial charge in [0.05, 0.1) is 6.10 Å². The second-order valence-electron chi connectivity index (χ2n) is 8.07. The second-order valence-corrected chi connectivity index (χ2v) is 10.4. The lowest BCUT2D eigenvalue weighted by Crippen LogP contribution is -2.38. The molecule has 0 bridgehead atoms. The molecule has 3 aliphatic carbocycles. The largest absolute Gasteiger partial charge is 0.380 e. The predicted octanol–water partition coefficient (Wildman–Crippen LogP) is 1.78. The smallest absolute Gasteiger partial charge is 0.371 e. The van der Waals surface area contributed by atoms with Gasteiger partial charge in [-0.3, -0.25) is 4.18 Å². The van der Waals surface area contributed by atoms with Crippen molar-refractivity contribution in [1.29, 1.82) is 0 Å². The monoisotopic (exact) mass is 428 g/mol. The van der Waals surface area contributed by atoms with E-state index >= 15 is 0 Å². The number of hydrogen-bond donors (Lipinski definition) is 2. The number of rotatable bonds is 4. The average Bonchev–Trinajstić information content (AvgIpc) is 2.88. The highest BCUT2D eigenvalue weighted by Gasteiger charge is 2.50. The maximum absolute atomic E-state index is 11.5. The highest BCUT2D eigenvalue weighted by molar-refractivity contribution is 7.84. The van der Waals surface area contributed by atoms with Crippen LogP contribution < -0.4 is 14.5 Å². The van der Waals surface area contributed by atoms with Crippen LogP contribution in [0.25, 0.3) is 0 Å². The zero-order valence-electron chi connectivity index (χ0n) is 15.6. The molecule has 0 radical (unpaired) electrons. The molecule has 0 aromatic heterocycles. The first-order chi connectivity index (χ1) is 13.0. The third-order valence-corrected chi connectivity index (χ3v) is 7.36. The van der Waals surface area contributed by atoms with Crippen molar-refractivity contribution < 1.29 is 25.2 Å². The summed E-state index contributed by atoms with van der Waals surface area (Å²) in [6, 6.07) is 5.29. The van der Waals surface area contributed by atoms with Crippen LogP contribution in [-0.2, 0) is 31.2 Å². The van der Waals surface area contributed by atoms with Gasteiger partial charge >= 0.3 is 20.6 Å². The van der Waals surface area contributed by atoms with E-state index in [2.05, 4.69) is 6.92 Å². The minimum atomic E-state index is -4.05. The summed E-state index contributed by atoms with van der Waals surface area (Å²) in [5.74, 6) is 0.476. The highest BCUT2D eigenvalue weighted by Crippen LogP contribution is 2.58. The van der Waals surface area contributed by atoms with Gasteiger partial charge in [0.2, 0.25) is 0 Å². The van der Waals surface area contributed by atoms with E-state index in [0.717, 1.165) is 37.7 Å². The Hall–Kier alpha value is -1.46. The summed E-state index contributed by atoms with van der Waals surface area (Å²) in [5.41, 5.74) is 4.59. The number of aryl methyl sites for hydroxylation is 1. The SMILES string of the molecule is C[C@]12CC[C@H]3C(=C1CC[C@@H]2OS(N)(=O)=O)CCc1cc(OS(N)(=O)=O)ccc13. The quantitative estimate of drug-likeness (QED) is 0.701. The maximum Gasteiger partial charge on any atom is 0.380 e. The summed E-state index contributed by atoms with van der Waals surface area (Å²) in [5, 5.41) is 10.1. The molecule has 1 aromatic rings. The first kappa shape index (κ1) is 19.8. The van der Waals surface area contributed by atoms with E-state index in [9.17, 15) is 16.8 Å². The molecule has 0 heterocycles. The summed E-state index contributed by atoms with van der Waals surface area (Å²) >= 11 is 0. The van der Waals surface area contributed by atoms with Crippen LogP contribution in [0.4, 0.5) is 0 Å². The first-order valence-electron chi connectivity index (χ1n) is 9.25. The van der Waals surface area contributed by atoms with E-state index in [4.69, 9.17) is 18.6 Å². The molecule has 3 atom stereocenters. The van der Waals surface area contributed by atoms with Crippen molar-refractivity contribution >= 4 is 20.6 Å². The Morgan fingerprint density at radius 1 is 1.04 bits per heavy atom. The lowest BCUT2D eigenvalue weighted by molar-refractivity contribution is 0.0994. The van der Waals surface area contributed by atoms with E-state index in [1.54, 1.807) is 12.1 Å². The Morgan fingerprint density at radius 3 is 2.46 bits per heavy atom. The van der Waals surface area contributed by atoms with E-state index in [1.165, 1.54) is 16.7 Å². The van der Waals surface area contributed by atoms with Crippen molar-refractivity contribution in [3.8, 4) is 5.75 Å². The maximum atomic E-state index is 11.5. The van der Waals surface area contributed by atoms with Crippen LogP contribution in [0.2, 0.25) is 0 Å². The van der Waals surface area contributed by atoms with Crippen molar-refractivity contribution in [2.24, 2.45) is 15.7 Å². The molecule has 0 amide bonds. The van der Waals surface area contributed by atoms with Gasteiger partial charge in [0.15, 0.2) is 0 Å². The van der Waals surface area contributed by atoms with E-state index in [-0.39, 0.29) is 17.1 Å². The lowest BCUT2D eigenvalue weighted by atomic mass is 9.63. The second kappa shape index (κ2) is 6.53. The van der Waals surface area contributed by atoms with Crippen LogP contribution >= 0.6 is 0 Å². The molecule has 8 nitrogen and oxygen atoms in total. The summed E-state index contributed by atoms with van der Waals surface area (Å²) in [6.45, 7) is 2.08. The normalized spacial score (nSPS) is 29.8. The Kier molecular flexibility index (Phi) is 4.63. The van der Waals surface area contributed by atoms with Gasteiger partial charge < -0.3 is 4.18 Å². The van der Waals surface area contributed by atoms with Crippen molar-refractivity contribution in [3.63, 3.8) is 0 Å². The van der Waals surface area contributed by atoms with Gasteiger partial charge in [-0.05, 0) is 61.8 Å². The Bertz CT molecular complexity index is 1060. The van der Waals surface area contributed by atoms with Crippen LogP contribution in [-0.4, -0.2) is 22.9 Å². The number of hydrogen-bond acceptors (Lipinski definition) is 6. The third kappa shape index (κ3) is 3.59. The van der Waals surface area contributed by atoms with Gasteiger partial charge in [-0.2, -0.15) is 22.0 Å². The molecule has 154 valence electrons. The molecular formula is C18H24N2O6S2. The molecule has 28 heavy (non-hydrogen) atoms. The minimum Gasteiger partial charge on any atom is -0.371 e. The number of nitrogens with two attached hydrogens (primary N) is 2. The average molecular weight is 429 g/mol. The molecule has 0 unspecified atom stereocenters. The van der Waals surface area contributed by atoms with E-state index < -0.39 is 26.7 Å². The molecular weight excluding hydrogens is 404 g/mol. The zero-order chi connectivity index (χ0) is 20.3. The Labute approximate surface area is 165 Å². The van der Waals surface area contributed by atoms with Crippen molar-refractivity contribution in [3.05, 3.63) is 40.5 Å². The van der Waals surface area contributed by atoms with Gasteiger partial charge in [0.1, 0.15) is 5.75 Å². The van der Waals surface area contributed by atoms with Crippen LogP contribution in [0.15, 0.2) is 29.3 Å². The van der Waals surface area contributed by atoms with E-state index in [0.29, 0.717) is 6.42 Å².